The van der Waals surface area contributed by atoms with Crippen molar-refractivity contribution in [2.75, 3.05) is 6.54 Å². The van der Waals surface area contributed by atoms with Crippen molar-refractivity contribution in [3.8, 4) is 0 Å². The lowest BCUT2D eigenvalue weighted by Crippen LogP contribution is -2.39. The van der Waals surface area contributed by atoms with Gasteiger partial charge in [-0.2, -0.15) is 0 Å². The number of benzene rings is 2. The molecule has 0 aliphatic carbocycles. The molecule has 2 aromatic carbocycles. The van der Waals surface area contributed by atoms with E-state index >= 15 is 0 Å². The number of nitrogens with zero attached hydrogens (tertiary/aromatic N) is 1. The topological polar surface area (TPSA) is 88.2 Å². The molecule has 0 fully saturated rings. The smallest absolute Gasteiger partial charge is 0.253 e. The predicted octanol–water partition coefficient (Wildman–Crippen LogP) is 2.67. The summed E-state index contributed by atoms with van der Waals surface area (Å²) in [5.41, 5.74) is 8.55. The Morgan fingerprint density at radius 3 is 2.53 bits per heavy atom. The Kier molecular flexibility index (Phi) is 7.65. The summed E-state index contributed by atoms with van der Waals surface area (Å²) in [6, 6.07) is 18.9. The fraction of sp³-hybridized carbons (Fsp3) is 0.250. The number of nitrogens with one attached hydrogen (secondary N) is 1. The molecule has 0 aliphatic heterocycles. The zero-order valence-electron chi connectivity index (χ0n) is 16.7. The first-order chi connectivity index (χ1) is 14.5. The van der Waals surface area contributed by atoms with Crippen LogP contribution in [0, 0.1) is 5.82 Å². The maximum atomic E-state index is 13.8. The van der Waals surface area contributed by atoms with Gasteiger partial charge in [-0.05, 0) is 42.2 Å². The molecule has 1 aromatic heterocycles. The molecule has 2 atom stereocenters. The van der Waals surface area contributed by atoms with Crippen LogP contribution in [0.3, 0.4) is 0 Å². The molecular formula is C24H26FN3O2. The van der Waals surface area contributed by atoms with Gasteiger partial charge in [0.15, 0.2) is 0 Å². The molecule has 3 aromatic rings. The number of rotatable bonds is 9. The molecule has 5 nitrogen and oxygen atoms in total. The van der Waals surface area contributed by atoms with E-state index in [1.165, 1.54) is 6.07 Å². The van der Waals surface area contributed by atoms with Crippen molar-refractivity contribution in [3.05, 3.63) is 101 Å². The summed E-state index contributed by atoms with van der Waals surface area (Å²) in [4.78, 5) is 16.9. The molecular weight excluding hydrogens is 381 g/mol. The second-order valence-corrected chi connectivity index (χ2v) is 7.22. The lowest BCUT2D eigenvalue weighted by Gasteiger charge is -2.20. The van der Waals surface area contributed by atoms with Crippen molar-refractivity contribution in [3.63, 3.8) is 0 Å². The van der Waals surface area contributed by atoms with Gasteiger partial charge >= 0.3 is 0 Å². The largest absolute Gasteiger partial charge is 0.391 e. The highest BCUT2D eigenvalue weighted by Gasteiger charge is 2.21. The second kappa shape index (κ2) is 10.6. The fourth-order valence-corrected chi connectivity index (χ4v) is 3.27. The Morgan fingerprint density at radius 2 is 1.77 bits per heavy atom. The number of amides is 1. The number of carbonyl (C=O) groups is 1. The summed E-state index contributed by atoms with van der Waals surface area (Å²) >= 11 is 0. The zero-order chi connectivity index (χ0) is 21.3. The number of pyridine rings is 1. The standard InChI is InChI=1S/C24H26FN3O2/c25-20-11-5-4-9-18(20)15-21(26)23(29)16-22-19(10-6-13-27-22)24(30)28-14-12-17-7-2-1-3-8-17/h1-11,13,21,23,29H,12,14-16,26H2,(H,28,30)/t21-,23+/m1/s1. The first-order valence-corrected chi connectivity index (χ1v) is 9.97. The van der Waals surface area contributed by atoms with E-state index in [4.69, 9.17) is 5.73 Å². The molecule has 0 radical (unpaired) electrons. The van der Waals surface area contributed by atoms with E-state index in [9.17, 15) is 14.3 Å². The third-order valence-electron chi connectivity index (χ3n) is 4.99. The molecule has 0 saturated heterocycles. The van der Waals surface area contributed by atoms with Crippen LogP contribution < -0.4 is 11.1 Å². The van der Waals surface area contributed by atoms with Crippen LogP contribution in [0.5, 0.6) is 0 Å². The molecule has 156 valence electrons. The third kappa shape index (κ3) is 5.95. The van der Waals surface area contributed by atoms with Gasteiger partial charge in [-0.3, -0.25) is 9.78 Å². The Morgan fingerprint density at radius 1 is 1.03 bits per heavy atom. The van der Waals surface area contributed by atoms with Gasteiger partial charge in [0.25, 0.3) is 5.91 Å². The molecule has 3 rings (SSSR count). The number of hydrogen-bond acceptors (Lipinski definition) is 4. The van der Waals surface area contributed by atoms with E-state index in [2.05, 4.69) is 10.3 Å². The van der Waals surface area contributed by atoms with Crippen LogP contribution in [0.25, 0.3) is 0 Å². The van der Waals surface area contributed by atoms with Crippen molar-refractivity contribution in [1.82, 2.24) is 10.3 Å². The molecule has 0 aliphatic rings. The van der Waals surface area contributed by atoms with Crippen LogP contribution in [0.4, 0.5) is 4.39 Å². The van der Waals surface area contributed by atoms with Crippen LogP contribution in [-0.4, -0.2) is 34.7 Å². The first-order valence-electron chi connectivity index (χ1n) is 9.97. The zero-order valence-corrected chi connectivity index (χ0v) is 16.7. The second-order valence-electron chi connectivity index (χ2n) is 7.22. The molecule has 0 unspecified atom stereocenters. The lowest BCUT2D eigenvalue weighted by molar-refractivity contribution is 0.0950. The average Bonchev–Trinajstić information content (AvgIpc) is 2.76. The number of hydrogen-bond donors (Lipinski definition) is 3. The van der Waals surface area contributed by atoms with E-state index in [0.29, 0.717) is 23.4 Å². The van der Waals surface area contributed by atoms with Gasteiger partial charge in [0, 0.05) is 25.2 Å². The van der Waals surface area contributed by atoms with Gasteiger partial charge < -0.3 is 16.2 Å². The maximum Gasteiger partial charge on any atom is 0.253 e. The minimum atomic E-state index is -0.963. The van der Waals surface area contributed by atoms with Crippen molar-refractivity contribution < 1.29 is 14.3 Å². The van der Waals surface area contributed by atoms with Gasteiger partial charge in [-0.25, -0.2) is 4.39 Å². The monoisotopic (exact) mass is 407 g/mol. The molecule has 1 heterocycles. The highest BCUT2D eigenvalue weighted by Crippen LogP contribution is 2.14. The van der Waals surface area contributed by atoms with Crippen molar-refractivity contribution >= 4 is 5.91 Å². The van der Waals surface area contributed by atoms with Crippen LogP contribution in [0.1, 0.15) is 27.2 Å². The minimum Gasteiger partial charge on any atom is -0.391 e. The Labute approximate surface area is 175 Å². The van der Waals surface area contributed by atoms with Gasteiger partial charge in [0.2, 0.25) is 0 Å². The van der Waals surface area contributed by atoms with Crippen LogP contribution in [0.15, 0.2) is 72.9 Å². The number of nitrogens with two attached hydrogens (primary N) is 1. The minimum absolute atomic E-state index is 0.109. The van der Waals surface area contributed by atoms with Crippen LogP contribution in [0.2, 0.25) is 0 Å². The molecule has 4 N–H and O–H groups in total. The van der Waals surface area contributed by atoms with Crippen LogP contribution >= 0.6 is 0 Å². The van der Waals surface area contributed by atoms with Gasteiger partial charge in [0.1, 0.15) is 5.82 Å². The van der Waals surface area contributed by atoms with E-state index in [-0.39, 0.29) is 24.6 Å². The molecule has 30 heavy (non-hydrogen) atoms. The highest BCUT2D eigenvalue weighted by molar-refractivity contribution is 5.95. The quantitative estimate of drug-likeness (QED) is 0.509. The molecule has 0 saturated carbocycles. The molecule has 0 spiro atoms. The maximum absolute atomic E-state index is 13.8. The van der Waals surface area contributed by atoms with E-state index in [0.717, 1.165) is 12.0 Å². The van der Waals surface area contributed by atoms with E-state index in [1.807, 2.05) is 30.3 Å². The van der Waals surface area contributed by atoms with Crippen molar-refractivity contribution in [1.29, 1.82) is 0 Å². The van der Waals surface area contributed by atoms with Gasteiger partial charge in [0.05, 0.1) is 17.4 Å². The summed E-state index contributed by atoms with van der Waals surface area (Å²) in [5.74, 6) is -0.597. The van der Waals surface area contributed by atoms with E-state index in [1.54, 1.807) is 36.5 Å². The Balaban J connectivity index is 1.59. The molecule has 6 heteroatoms. The SMILES string of the molecule is N[C@H](Cc1ccccc1F)[C@@H](O)Cc1ncccc1C(=O)NCCc1ccccc1. The van der Waals surface area contributed by atoms with Crippen molar-refractivity contribution in [2.45, 2.75) is 31.4 Å². The first kappa shape index (κ1) is 21.6. The number of carbonyl (C=O) groups excluding carboxylic acids is 1. The highest BCUT2D eigenvalue weighted by atomic mass is 19.1. The summed E-state index contributed by atoms with van der Waals surface area (Å²) in [6.07, 6.45) is 1.64. The summed E-state index contributed by atoms with van der Waals surface area (Å²) < 4.78 is 13.8. The summed E-state index contributed by atoms with van der Waals surface area (Å²) in [6.45, 7) is 0.493. The molecule has 1 amide bonds. The Bertz CT molecular complexity index is 965. The average molecular weight is 407 g/mol. The van der Waals surface area contributed by atoms with Crippen LogP contribution in [-0.2, 0) is 19.3 Å². The fourth-order valence-electron chi connectivity index (χ4n) is 3.27. The van der Waals surface area contributed by atoms with Gasteiger partial charge in [-0.1, -0.05) is 48.5 Å². The molecule has 0 bridgehead atoms. The third-order valence-corrected chi connectivity index (χ3v) is 4.99. The predicted molar refractivity (Wildman–Crippen MR) is 115 cm³/mol. The van der Waals surface area contributed by atoms with E-state index < -0.39 is 12.1 Å². The summed E-state index contributed by atoms with van der Waals surface area (Å²) in [7, 11) is 0. The lowest BCUT2D eigenvalue weighted by atomic mass is 9.97. The number of aliphatic hydroxyl groups excluding tert-OH is 1. The van der Waals surface area contributed by atoms with Crippen molar-refractivity contribution in [2.24, 2.45) is 5.73 Å². The summed E-state index contributed by atoms with van der Waals surface area (Å²) in [5, 5.41) is 13.4. The van der Waals surface area contributed by atoms with Gasteiger partial charge in [-0.15, -0.1) is 0 Å². The number of halogens is 1. The number of aromatic nitrogens is 1. The number of aliphatic hydroxyl groups is 1. The Hall–Kier alpha value is -3.09. The normalized spacial score (nSPS) is 12.9.